The van der Waals surface area contributed by atoms with Crippen LogP contribution in [0.15, 0.2) is 18.2 Å². The van der Waals surface area contributed by atoms with E-state index in [2.05, 4.69) is 12.2 Å². The monoisotopic (exact) mass is 414 g/mol. The smallest absolute Gasteiger partial charge is 0.261 e. The Labute approximate surface area is 179 Å². The molecule has 1 unspecified atom stereocenters. The van der Waals surface area contributed by atoms with Gasteiger partial charge in [0.25, 0.3) is 11.8 Å². The van der Waals surface area contributed by atoms with E-state index in [-0.39, 0.29) is 23.8 Å². The van der Waals surface area contributed by atoms with Gasteiger partial charge in [0.15, 0.2) is 0 Å². The highest BCUT2D eigenvalue weighted by molar-refractivity contribution is 6.21. The van der Waals surface area contributed by atoms with E-state index < -0.39 is 0 Å². The first kappa shape index (κ1) is 22.5. The van der Waals surface area contributed by atoms with E-state index in [1.807, 2.05) is 0 Å². The molecule has 1 aromatic rings. The summed E-state index contributed by atoms with van der Waals surface area (Å²) >= 11 is 0. The van der Waals surface area contributed by atoms with Crippen molar-refractivity contribution in [2.75, 3.05) is 18.5 Å². The number of nitrogens with one attached hydrogen (secondary N) is 1. The maximum atomic E-state index is 12.7. The minimum Gasteiger partial charge on any atom is -0.376 e. The van der Waals surface area contributed by atoms with Crippen LogP contribution in [0.25, 0.3) is 0 Å². The molecule has 0 aliphatic carbocycles. The maximum Gasteiger partial charge on any atom is 0.261 e. The molecule has 0 spiro atoms. The Morgan fingerprint density at radius 3 is 2.43 bits per heavy atom. The summed E-state index contributed by atoms with van der Waals surface area (Å²) in [4.78, 5) is 38.8. The van der Waals surface area contributed by atoms with Gasteiger partial charge in [0, 0.05) is 18.7 Å². The highest BCUT2D eigenvalue weighted by Gasteiger charge is 2.37. The molecule has 6 nitrogen and oxygen atoms in total. The summed E-state index contributed by atoms with van der Waals surface area (Å²) in [5, 5.41) is 2.87. The Bertz CT molecular complexity index is 756. The van der Waals surface area contributed by atoms with Gasteiger partial charge in [0.2, 0.25) is 5.91 Å². The first-order valence-electron chi connectivity index (χ1n) is 11.5. The topological polar surface area (TPSA) is 75.7 Å². The predicted octanol–water partition coefficient (Wildman–Crippen LogP) is 4.93. The molecular formula is C24H34N2O4. The Kier molecular flexibility index (Phi) is 8.43. The molecule has 0 bridgehead atoms. The number of benzene rings is 1. The molecule has 2 aliphatic heterocycles. The van der Waals surface area contributed by atoms with Crippen molar-refractivity contribution in [3.05, 3.63) is 29.3 Å². The fraction of sp³-hybridized carbons (Fsp3) is 0.625. The molecule has 3 rings (SSSR count). The van der Waals surface area contributed by atoms with Crippen LogP contribution in [0.3, 0.4) is 0 Å². The molecule has 0 saturated carbocycles. The SMILES string of the molecule is CCCCCCCCCCC(=O)Nc1ccc2c(c1)C(=O)N(CC1CCCO1)C2=O. The second-order valence-corrected chi connectivity index (χ2v) is 8.39. The standard InChI is InChI=1S/C24H34N2O4/c1-2-3-4-5-6-7-8-9-12-22(27)25-18-13-14-20-21(16-18)24(29)26(23(20)28)17-19-11-10-15-30-19/h13-14,16,19H,2-12,15,17H2,1H3,(H,25,27). The average molecular weight is 415 g/mol. The molecule has 6 heteroatoms. The number of ether oxygens (including phenoxy) is 1. The molecule has 1 atom stereocenters. The summed E-state index contributed by atoms with van der Waals surface area (Å²) < 4.78 is 5.56. The zero-order valence-corrected chi connectivity index (χ0v) is 18.1. The fourth-order valence-corrected chi connectivity index (χ4v) is 4.17. The van der Waals surface area contributed by atoms with Gasteiger partial charge in [-0.1, -0.05) is 51.9 Å². The maximum absolute atomic E-state index is 12.7. The molecule has 0 radical (unpaired) electrons. The largest absolute Gasteiger partial charge is 0.376 e. The molecule has 0 aromatic heterocycles. The van der Waals surface area contributed by atoms with Crippen molar-refractivity contribution in [3.8, 4) is 0 Å². The molecule has 1 aromatic carbocycles. The minimum absolute atomic E-state index is 0.0473. The molecule has 2 heterocycles. The van der Waals surface area contributed by atoms with Crippen LogP contribution in [0.5, 0.6) is 0 Å². The third-order valence-electron chi connectivity index (χ3n) is 5.92. The molecular weight excluding hydrogens is 380 g/mol. The van der Waals surface area contributed by atoms with Gasteiger partial charge >= 0.3 is 0 Å². The number of hydrogen-bond donors (Lipinski definition) is 1. The Balaban J connectivity index is 1.44. The summed E-state index contributed by atoms with van der Waals surface area (Å²) in [6.07, 6.45) is 11.7. The number of carbonyl (C=O) groups is 3. The van der Waals surface area contributed by atoms with Gasteiger partial charge in [-0.05, 0) is 37.5 Å². The highest BCUT2D eigenvalue weighted by Crippen LogP contribution is 2.27. The molecule has 2 aliphatic rings. The summed E-state index contributed by atoms with van der Waals surface area (Å²) in [6.45, 7) is 3.20. The van der Waals surface area contributed by atoms with Crippen molar-refractivity contribution >= 4 is 23.4 Å². The van der Waals surface area contributed by atoms with Crippen molar-refractivity contribution in [2.24, 2.45) is 0 Å². The van der Waals surface area contributed by atoms with Crippen LogP contribution >= 0.6 is 0 Å². The number of fused-ring (bicyclic) bond motifs is 1. The van der Waals surface area contributed by atoms with Gasteiger partial charge in [-0.25, -0.2) is 0 Å². The number of unbranched alkanes of at least 4 members (excludes halogenated alkanes) is 7. The van der Waals surface area contributed by atoms with Gasteiger partial charge in [-0.3, -0.25) is 19.3 Å². The number of rotatable bonds is 12. The summed E-state index contributed by atoms with van der Waals surface area (Å²) in [6, 6.07) is 4.96. The lowest BCUT2D eigenvalue weighted by atomic mass is 10.1. The van der Waals surface area contributed by atoms with Crippen LogP contribution < -0.4 is 5.32 Å². The van der Waals surface area contributed by atoms with Crippen LogP contribution in [0, 0.1) is 0 Å². The van der Waals surface area contributed by atoms with E-state index in [4.69, 9.17) is 4.74 Å². The van der Waals surface area contributed by atoms with Gasteiger partial charge < -0.3 is 10.1 Å². The Morgan fingerprint density at radius 1 is 1.03 bits per heavy atom. The average Bonchev–Trinajstić information content (AvgIpc) is 3.33. The van der Waals surface area contributed by atoms with E-state index in [1.54, 1.807) is 18.2 Å². The quantitative estimate of drug-likeness (QED) is 0.389. The Morgan fingerprint density at radius 2 is 1.73 bits per heavy atom. The summed E-state index contributed by atoms with van der Waals surface area (Å²) in [7, 11) is 0. The summed E-state index contributed by atoms with van der Waals surface area (Å²) in [5.41, 5.74) is 1.33. The summed E-state index contributed by atoms with van der Waals surface area (Å²) in [5.74, 6) is -0.624. The van der Waals surface area contributed by atoms with E-state index in [0.717, 1.165) is 25.7 Å². The number of anilines is 1. The Hall–Kier alpha value is -2.21. The number of imide groups is 1. The van der Waals surface area contributed by atoms with Crippen LogP contribution in [0.4, 0.5) is 5.69 Å². The van der Waals surface area contributed by atoms with Crippen LogP contribution in [0.1, 0.15) is 98.3 Å². The zero-order valence-electron chi connectivity index (χ0n) is 18.1. The van der Waals surface area contributed by atoms with Crippen molar-refractivity contribution in [3.63, 3.8) is 0 Å². The van der Waals surface area contributed by atoms with Gasteiger partial charge in [0.1, 0.15) is 0 Å². The van der Waals surface area contributed by atoms with Crippen LogP contribution in [0.2, 0.25) is 0 Å². The number of carbonyl (C=O) groups excluding carboxylic acids is 3. The lowest BCUT2D eigenvalue weighted by Gasteiger charge is -2.17. The first-order chi connectivity index (χ1) is 14.6. The zero-order chi connectivity index (χ0) is 21.3. The minimum atomic E-state index is -0.301. The first-order valence-corrected chi connectivity index (χ1v) is 11.5. The van der Waals surface area contributed by atoms with Gasteiger partial charge in [-0.2, -0.15) is 0 Å². The molecule has 3 amide bonds. The van der Waals surface area contributed by atoms with Crippen molar-refractivity contribution in [1.82, 2.24) is 4.90 Å². The van der Waals surface area contributed by atoms with Gasteiger partial charge in [-0.15, -0.1) is 0 Å². The molecule has 1 saturated heterocycles. The van der Waals surface area contributed by atoms with Crippen molar-refractivity contribution < 1.29 is 19.1 Å². The lowest BCUT2D eigenvalue weighted by molar-refractivity contribution is -0.116. The third kappa shape index (κ3) is 5.91. The van der Waals surface area contributed by atoms with E-state index >= 15 is 0 Å². The molecule has 1 N–H and O–H groups in total. The fourth-order valence-electron chi connectivity index (χ4n) is 4.17. The van der Waals surface area contributed by atoms with Crippen LogP contribution in [-0.2, 0) is 9.53 Å². The number of amides is 3. The second-order valence-electron chi connectivity index (χ2n) is 8.39. The van der Waals surface area contributed by atoms with E-state index in [0.29, 0.717) is 36.4 Å². The van der Waals surface area contributed by atoms with E-state index in [9.17, 15) is 14.4 Å². The molecule has 30 heavy (non-hydrogen) atoms. The predicted molar refractivity (Wildman–Crippen MR) is 117 cm³/mol. The molecule has 164 valence electrons. The van der Waals surface area contributed by atoms with Crippen LogP contribution in [-0.4, -0.2) is 41.9 Å². The van der Waals surface area contributed by atoms with Crippen molar-refractivity contribution in [1.29, 1.82) is 0 Å². The van der Waals surface area contributed by atoms with Crippen molar-refractivity contribution in [2.45, 2.75) is 83.7 Å². The third-order valence-corrected chi connectivity index (χ3v) is 5.92. The normalized spacial score (nSPS) is 18.2. The molecule has 1 fully saturated rings. The van der Waals surface area contributed by atoms with E-state index in [1.165, 1.54) is 43.4 Å². The number of nitrogens with zero attached hydrogens (tertiary/aromatic N) is 1. The van der Waals surface area contributed by atoms with Gasteiger partial charge in [0.05, 0.1) is 23.8 Å². The number of hydrogen-bond acceptors (Lipinski definition) is 4. The highest BCUT2D eigenvalue weighted by atomic mass is 16.5. The lowest BCUT2D eigenvalue weighted by Crippen LogP contribution is -2.36. The second kappa shape index (κ2) is 11.3.